The van der Waals surface area contributed by atoms with E-state index in [2.05, 4.69) is 22.1 Å². The summed E-state index contributed by atoms with van der Waals surface area (Å²) in [7, 11) is 0. The van der Waals surface area contributed by atoms with E-state index in [9.17, 15) is 0 Å². The maximum Gasteiger partial charge on any atom is 0.135 e. The molecule has 0 saturated carbocycles. The lowest BCUT2D eigenvalue weighted by molar-refractivity contribution is 0.165. The highest BCUT2D eigenvalue weighted by Crippen LogP contribution is 2.19. The van der Waals surface area contributed by atoms with Crippen molar-refractivity contribution in [3.63, 3.8) is 0 Å². The van der Waals surface area contributed by atoms with Crippen LogP contribution in [0.25, 0.3) is 0 Å². The number of aromatic nitrogens is 1. The largest absolute Gasteiger partial charge is 0.314 e. The van der Waals surface area contributed by atoms with Crippen LogP contribution in [0.1, 0.15) is 12.5 Å². The number of nitrogens with one attached hydrogen (secondary N) is 1. The molecule has 0 aliphatic carbocycles. The quantitative estimate of drug-likeness (QED) is 0.826. The molecule has 1 atom stereocenters. The first-order valence-corrected chi connectivity index (χ1v) is 6.18. The van der Waals surface area contributed by atoms with E-state index in [4.69, 9.17) is 23.2 Å². The zero-order valence-electron chi connectivity index (χ0n) is 9.21. The Labute approximate surface area is 106 Å². The van der Waals surface area contributed by atoms with Gasteiger partial charge in [-0.05, 0) is 13.0 Å². The standard InChI is InChI=1S/C11H15Cl2N3/c1-8-6-14-4-5-16(8)7-9-2-3-10(12)15-11(9)13/h2-3,8,14H,4-7H2,1H3/t8-/m0/s1. The van der Waals surface area contributed by atoms with Crippen LogP contribution in [0.5, 0.6) is 0 Å². The highest BCUT2D eigenvalue weighted by molar-refractivity contribution is 6.32. The lowest BCUT2D eigenvalue weighted by Gasteiger charge is -2.33. The molecule has 0 aromatic carbocycles. The first kappa shape index (κ1) is 12.1. The number of hydrogen-bond acceptors (Lipinski definition) is 3. The second kappa shape index (κ2) is 5.32. The molecule has 1 saturated heterocycles. The first-order valence-electron chi connectivity index (χ1n) is 5.42. The summed E-state index contributed by atoms with van der Waals surface area (Å²) >= 11 is 11.8. The Kier molecular flexibility index (Phi) is 4.03. The van der Waals surface area contributed by atoms with E-state index in [1.54, 1.807) is 6.07 Å². The second-order valence-electron chi connectivity index (χ2n) is 4.11. The third-order valence-corrected chi connectivity index (χ3v) is 3.44. The molecule has 3 nitrogen and oxygen atoms in total. The molecular formula is C11H15Cl2N3. The zero-order valence-corrected chi connectivity index (χ0v) is 10.7. The fourth-order valence-corrected chi connectivity index (χ4v) is 2.30. The Balaban J connectivity index is 2.07. The summed E-state index contributed by atoms with van der Waals surface area (Å²) in [4.78, 5) is 6.45. The summed E-state index contributed by atoms with van der Waals surface area (Å²) in [6.07, 6.45) is 0. The van der Waals surface area contributed by atoms with E-state index < -0.39 is 0 Å². The van der Waals surface area contributed by atoms with Crippen molar-refractivity contribution >= 4 is 23.2 Å². The topological polar surface area (TPSA) is 28.2 Å². The Bertz CT molecular complexity index is 370. The molecule has 0 amide bonds. The minimum Gasteiger partial charge on any atom is -0.314 e. The predicted molar refractivity (Wildman–Crippen MR) is 67.0 cm³/mol. The summed E-state index contributed by atoms with van der Waals surface area (Å²) < 4.78 is 0. The molecule has 0 spiro atoms. The van der Waals surface area contributed by atoms with Crippen molar-refractivity contribution in [2.24, 2.45) is 0 Å². The number of nitrogens with zero attached hydrogens (tertiary/aromatic N) is 2. The van der Waals surface area contributed by atoms with E-state index in [1.807, 2.05) is 6.07 Å². The van der Waals surface area contributed by atoms with Crippen LogP contribution in [0, 0.1) is 0 Å². The van der Waals surface area contributed by atoms with Gasteiger partial charge in [0, 0.05) is 37.8 Å². The molecule has 0 unspecified atom stereocenters. The smallest absolute Gasteiger partial charge is 0.135 e. The molecule has 2 heterocycles. The minimum absolute atomic E-state index is 0.446. The van der Waals surface area contributed by atoms with Crippen LogP contribution in [0.15, 0.2) is 12.1 Å². The summed E-state index contributed by atoms with van der Waals surface area (Å²) in [6, 6.07) is 4.27. The Morgan fingerprint density at radius 2 is 2.31 bits per heavy atom. The Hall–Kier alpha value is -0.350. The number of halogens is 2. The maximum atomic E-state index is 6.06. The van der Waals surface area contributed by atoms with Gasteiger partial charge < -0.3 is 5.32 Å². The molecule has 5 heteroatoms. The molecule has 0 radical (unpaired) electrons. The van der Waals surface area contributed by atoms with E-state index in [0.29, 0.717) is 16.3 Å². The van der Waals surface area contributed by atoms with Crippen molar-refractivity contribution < 1.29 is 0 Å². The van der Waals surface area contributed by atoms with Gasteiger partial charge in [-0.15, -0.1) is 0 Å². The average Bonchev–Trinajstić information content (AvgIpc) is 2.25. The van der Waals surface area contributed by atoms with E-state index in [0.717, 1.165) is 31.7 Å². The highest BCUT2D eigenvalue weighted by atomic mass is 35.5. The van der Waals surface area contributed by atoms with Gasteiger partial charge in [0.25, 0.3) is 0 Å². The number of rotatable bonds is 2. The number of hydrogen-bond donors (Lipinski definition) is 1. The van der Waals surface area contributed by atoms with Gasteiger partial charge in [0.1, 0.15) is 10.3 Å². The van der Waals surface area contributed by atoms with Gasteiger partial charge in [-0.3, -0.25) is 4.90 Å². The monoisotopic (exact) mass is 259 g/mol. The third kappa shape index (κ3) is 2.86. The van der Waals surface area contributed by atoms with Gasteiger partial charge in [-0.1, -0.05) is 29.3 Å². The molecule has 1 aliphatic rings. The SMILES string of the molecule is C[C@H]1CNCCN1Cc1ccc(Cl)nc1Cl. The van der Waals surface area contributed by atoms with E-state index in [-0.39, 0.29) is 0 Å². The number of piperazine rings is 1. The van der Waals surface area contributed by atoms with Crippen LogP contribution in [-0.2, 0) is 6.54 Å². The van der Waals surface area contributed by atoms with E-state index in [1.165, 1.54) is 0 Å². The molecule has 88 valence electrons. The van der Waals surface area contributed by atoms with Crippen molar-refractivity contribution in [2.45, 2.75) is 19.5 Å². The molecule has 0 bridgehead atoms. The van der Waals surface area contributed by atoms with Crippen LogP contribution >= 0.6 is 23.2 Å². The van der Waals surface area contributed by atoms with Crippen molar-refractivity contribution in [1.29, 1.82) is 0 Å². The number of pyridine rings is 1. The molecule has 2 rings (SSSR count). The third-order valence-electron chi connectivity index (χ3n) is 2.90. The summed E-state index contributed by atoms with van der Waals surface area (Å²) in [5.74, 6) is 0. The van der Waals surface area contributed by atoms with E-state index >= 15 is 0 Å². The van der Waals surface area contributed by atoms with Gasteiger partial charge in [0.05, 0.1) is 0 Å². The predicted octanol–water partition coefficient (Wildman–Crippen LogP) is 2.18. The highest BCUT2D eigenvalue weighted by Gasteiger charge is 2.18. The van der Waals surface area contributed by atoms with Crippen molar-refractivity contribution in [3.8, 4) is 0 Å². The molecule has 1 aromatic heterocycles. The summed E-state index contributed by atoms with van der Waals surface area (Å²) in [6.45, 7) is 6.15. The van der Waals surface area contributed by atoms with Crippen LogP contribution in [0.4, 0.5) is 0 Å². The normalized spacial score (nSPS) is 22.3. The fourth-order valence-electron chi connectivity index (χ4n) is 1.90. The van der Waals surface area contributed by atoms with Crippen molar-refractivity contribution in [3.05, 3.63) is 28.0 Å². The summed E-state index contributed by atoms with van der Waals surface area (Å²) in [5.41, 5.74) is 1.04. The second-order valence-corrected chi connectivity index (χ2v) is 4.85. The van der Waals surface area contributed by atoms with Crippen LogP contribution < -0.4 is 5.32 Å². The molecular weight excluding hydrogens is 245 g/mol. The summed E-state index contributed by atoms with van der Waals surface area (Å²) in [5, 5.41) is 4.32. The fraction of sp³-hybridized carbons (Fsp3) is 0.545. The molecule has 1 N–H and O–H groups in total. The first-order chi connectivity index (χ1) is 7.66. The Morgan fingerprint density at radius 1 is 1.50 bits per heavy atom. The molecule has 1 aliphatic heterocycles. The van der Waals surface area contributed by atoms with Gasteiger partial charge >= 0.3 is 0 Å². The zero-order chi connectivity index (χ0) is 11.5. The van der Waals surface area contributed by atoms with Crippen molar-refractivity contribution in [1.82, 2.24) is 15.2 Å². The van der Waals surface area contributed by atoms with Crippen LogP contribution in [0.2, 0.25) is 10.3 Å². The average molecular weight is 260 g/mol. The van der Waals surface area contributed by atoms with Gasteiger partial charge in [0.2, 0.25) is 0 Å². The lowest BCUT2D eigenvalue weighted by Crippen LogP contribution is -2.49. The lowest BCUT2D eigenvalue weighted by atomic mass is 10.2. The molecule has 1 fully saturated rings. The molecule has 1 aromatic rings. The van der Waals surface area contributed by atoms with Crippen molar-refractivity contribution in [2.75, 3.05) is 19.6 Å². The maximum absolute atomic E-state index is 6.06. The molecule has 16 heavy (non-hydrogen) atoms. The Morgan fingerprint density at radius 3 is 3.00 bits per heavy atom. The van der Waals surface area contributed by atoms with Gasteiger partial charge in [0.15, 0.2) is 0 Å². The van der Waals surface area contributed by atoms with Gasteiger partial charge in [-0.25, -0.2) is 4.98 Å². The minimum atomic E-state index is 0.446. The van der Waals surface area contributed by atoms with Crippen LogP contribution in [0.3, 0.4) is 0 Å². The van der Waals surface area contributed by atoms with Gasteiger partial charge in [-0.2, -0.15) is 0 Å². The van der Waals surface area contributed by atoms with Crippen LogP contribution in [-0.4, -0.2) is 35.6 Å².